The Morgan fingerprint density at radius 2 is 2.00 bits per heavy atom. The standard InChI is InChI=1S/C13H17N3OS/c1-16(2)12(18)9-8-11-14-13(15-17-11)10-6-4-3-5-7-10/h3-7,12,18H,8-9H2,1-2H3/t12-/m0/s1. The van der Waals surface area contributed by atoms with Gasteiger partial charge in [0.2, 0.25) is 11.7 Å². The van der Waals surface area contributed by atoms with Gasteiger partial charge in [-0.05, 0) is 20.5 Å². The quantitative estimate of drug-likeness (QED) is 0.665. The number of aromatic nitrogens is 2. The van der Waals surface area contributed by atoms with E-state index in [1.807, 2.05) is 44.4 Å². The van der Waals surface area contributed by atoms with Crippen molar-refractivity contribution in [2.24, 2.45) is 0 Å². The molecule has 1 aromatic heterocycles. The molecule has 2 rings (SSSR count). The molecule has 0 saturated heterocycles. The second kappa shape index (κ2) is 6.02. The Morgan fingerprint density at radius 1 is 1.28 bits per heavy atom. The molecule has 1 aromatic carbocycles. The lowest BCUT2D eigenvalue weighted by Crippen LogP contribution is -2.22. The summed E-state index contributed by atoms with van der Waals surface area (Å²) in [5, 5.41) is 4.19. The van der Waals surface area contributed by atoms with E-state index in [0.717, 1.165) is 18.4 Å². The highest BCUT2D eigenvalue weighted by atomic mass is 32.1. The molecule has 5 heteroatoms. The van der Waals surface area contributed by atoms with Gasteiger partial charge in [0.05, 0.1) is 5.37 Å². The molecule has 0 bridgehead atoms. The topological polar surface area (TPSA) is 42.2 Å². The highest BCUT2D eigenvalue weighted by molar-refractivity contribution is 7.80. The lowest BCUT2D eigenvalue weighted by atomic mass is 10.2. The molecule has 96 valence electrons. The van der Waals surface area contributed by atoms with Crippen molar-refractivity contribution in [2.75, 3.05) is 14.1 Å². The van der Waals surface area contributed by atoms with Crippen molar-refractivity contribution >= 4 is 12.6 Å². The number of nitrogens with zero attached hydrogens (tertiary/aromatic N) is 3. The second-order valence-electron chi connectivity index (χ2n) is 4.36. The summed E-state index contributed by atoms with van der Waals surface area (Å²) in [4.78, 5) is 6.43. The van der Waals surface area contributed by atoms with Crippen LogP contribution < -0.4 is 0 Å². The maximum Gasteiger partial charge on any atom is 0.227 e. The van der Waals surface area contributed by atoms with Crippen LogP contribution in [0.5, 0.6) is 0 Å². The van der Waals surface area contributed by atoms with Gasteiger partial charge in [-0.1, -0.05) is 35.5 Å². The monoisotopic (exact) mass is 263 g/mol. The number of hydrogen-bond donors (Lipinski definition) is 1. The molecular formula is C13H17N3OS. The van der Waals surface area contributed by atoms with Gasteiger partial charge >= 0.3 is 0 Å². The Hall–Kier alpha value is -1.33. The van der Waals surface area contributed by atoms with E-state index in [1.165, 1.54) is 0 Å². The predicted molar refractivity (Wildman–Crippen MR) is 74.5 cm³/mol. The van der Waals surface area contributed by atoms with Crippen LogP contribution in [0.4, 0.5) is 0 Å². The van der Waals surface area contributed by atoms with Crippen molar-refractivity contribution in [3.05, 3.63) is 36.2 Å². The fraction of sp³-hybridized carbons (Fsp3) is 0.385. The smallest absolute Gasteiger partial charge is 0.227 e. The zero-order valence-electron chi connectivity index (χ0n) is 10.6. The Kier molecular flexibility index (Phi) is 4.38. The van der Waals surface area contributed by atoms with Crippen LogP contribution in [0.3, 0.4) is 0 Å². The van der Waals surface area contributed by atoms with Crippen LogP contribution in [-0.2, 0) is 6.42 Å². The summed E-state index contributed by atoms with van der Waals surface area (Å²) in [6.07, 6.45) is 1.62. The van der Waals surface area contributed by atoms with Crippen molar-refractivity contribution in [1.29, 1.82) is 0 Å². The number of thiol groups is 1. The van der Waals surface area contributed by atoms with E-state index in [4.69, 9.17) is 4.52 Å². The number of hydrogen-bond acceptors (Lipinski definition) is 5. The molecule has 0 spiro atoms. The van der Waals surface area contributed by atoms with Crippen LogP contribution in [0, 0.1) is 0 Å². The highest BCUT2D eigenvalue weighted by Crippen LogP contribution is 2.16. The molecule has 18 heavy (non-hydrogen) atoms. The summed E-state index contributed by atoms with van der Waals surface area (Å²) < 4.78 is 5.24. The minimum atomic E-state index is 0.206. The van der Waals surface area contributed by atoms with E-state index in [9.17, 15) is 0 Å². The summed E-state index contributed by atoms with van der Waals surface area (Å²) in [7, 11) is 4.00. The van der Waals surface area contributed by atoms with E-state index in [2.05, 4.69) is 27.7 Å². The maximum atomic E-state index is 5.24. The van der Waals surface area contributed by atoms with Crippen LogP contribution in [-0.4, -0.2) is 34.5 Å². The van der Waals surface area contributed by atoms with E-state index < -0.39 is 0 Å². The van der Waals surface area contributed by atoms with Gasteiger partial charge in [0, 0.05) is 12.0 Å². The van der Waals surface area contributed by atoms with Crippen LogP contribution in [0.2, 0.25) is 0 Å². The summed E-state index contributed by atoms with van der Waals surface area (Å²) in [5.74, 6) is 1.31. The van der Waals surface area contributed by atoms with Crippen molar-refractivity contribution in [1.82, 2.24) is 15.0 Å². The Morgan fingerprint density at radius 3 is 2.67 bits per heavy atom. The van der Waals surface area contributed by atoms with E-state index in [-0.39, 0.29) is 5.37 Å². The molecule has 0 fully saturated rings. The molecule has 0 aliphatic rings. The third-order valence-corrected chi connectivity index (χ3v) is 3.43. The average Bonchev–Trinajstić information content (AvgIpc) is 2.85. The lowest BCUT2D eigenvalue weighted by Gasteiger charge is -2.17. The molecule has 1 atom stereocenters. The molecule has 0 saturated carbocycles. The van der Waals surface area contributed by atoms with Gasteiger partial charge in [-0.25, -0.2) is 0 Å². The fourth-order valence-electron chi connectivity index (χ4n) is 1.57. The molecule has 0 amide bonds. The number of benzene rings is 1. The van der Waals surface area contributed by atoms with Crippen molar-refractivity contribution in [3.8, 4) is 11.4 Å². The summed E-state index contributed by atoms with van der Waals surface area (Å²) in [6.45, 7) is 0. The summed E-state index contributed by atoms with van der Waals surface area (Å²) in [6, 6.07) is 9.82. The molecule has 0 N–H and O–H groups in total. The minimum Gasteiger partial charge on any atom is -0.339 e. The van der Waals surface area contributed by atoms with E-state index >= 15 is 0 Å². The van der Waals surface area contributed by atoms with Gasteiger partial charge in [0.1, 0.15) is 0 Å². The van der Waals surface area contributed by atoms with Gasteiger partial charge in [-0.3, -0.25) is 4.90 Å². The first-order valence-electron chi connectivity index (χ1n) is 5.89. The van der Waals surface area contributed by atoms with Gasteiger partial charge in [0.25, 0.3) is 0 Å². The number of aryl methyl sites for hydroxylation is 1. The van der Waals surface area contributed by atoms with E-state index in [0.29, 0.717) is 11.7 Å². The first-order chi connectivity index (χ1) is 8.66. The first kappa shape index (κ1) is 13.1. The largest absolute Gasteiger partial charge is 0.339 e. The Balaban J connectivity index is 1.99. The van der Waals surface area contributed by atoms with Gasteiger partial charge in [0.15, 0.2) is 0 Å². The van der Waals surface area contributed by atoms with Gasteiger partial charge in [-0.15, -0.1) is 0 Å². The Labute approximate surface area is 112 Å². The Bertz CT molecular complexity index is 484. The summed E-state index contributed by atoms with van der Waals surface area (Å²) in [5.41, 5.74) is 0.975. The van der Waals surface area contributed by atoms with Crippen molar-refractivity contribution < 1.29 is 4.52 Å². The number of rotatable bonds is 5. The van der Waals surface area contributed by atoms with Crippen molar-refractivity contribution in [2.45, 2.75) is 18.2 Å². The molecule has 0 radical (unpaired) electrons. The van der Waals surface area contributed by atoms with Crippen molar-refractivity contribution in [3.63, 3.8) is 0 Å². The third kappa shape index (κ3) is 3.34. The molecule has 0 aliphatic heterocycles. The second-order valence-corrected chi connectivity index (χ2v) is 4.96. The van der Waals surface area contributed by atoms with Crippen LogP contribution in [0.25, 0.3) is 11.4 Å². The molecule has 0 aliphatic carbocycles. The fourth-order valence-corrected chi connectivity index (χ4v) is 1.70. The maximum absolute atomic E-state index is 5.24. The van der Waals surface area contributed by atoms with Gasteiger partial charge < -0.3 is 4.52 Å². The predicted octanol–water partition coefficient (Wildman–Crippen LogP) is 2.49. The zero-order valence-corrected chi connectivity index (χ0v) is 11.5. The van der Waals surface area contributed by atoms with Crippen LogP contribution >= 0.6 is 12.6 Å². The summed E-state index contributed by atoms with van der Waals surface area (Å²) >= 11 is 4.47. The lowest BCUT2D eigenvalue weighted by molar-refractivity contribution is 0.339. The average molecular weight is 263 g/mol. The van der Waals surface area contributed by atoms with Crippen LogP contribution in [0.15, 0.2) is 34.9 Å². The minimum absolute atomic E-state index is 0.206. The molecule has 1 heterocycles. The highest BCUT2D eigenvalue weighted by Gasteiger charge is 2.11. The first-order valence-corrected chi connectivity index (χ1v) is 6.41. The van der Waals surface area contributed by atoms with Gasteiger partial charge in [-0.2, -0.15) is 17.6 Å². The molecule has 2 aromatic rings. The molecule has 0 unspecified atom stereocenters. The third-order valence-electron chi connectivity index (χ3n) is 2.71. The normalized spacial score (nSPS) is 12.9. The molecular weight excluding hydrogens is 246 g/mol. The van der Waals surface area contributed by atoms with E-state index in [1.54, 1.807) is 0 Å². The molecule has 4 nitrogen and oxygen atoms in total. The zero-order chi connectivity index (χ0) is 13.0. The van der Waals surface area contributed by atoms with Crippen LogP contribution in [0.1, 0.15) is 12.3 Å². The SMILES string of the molecule is CN(C)[C@@H](S)CCc1nc(-c2ccccc2)no1.